The van der Waals surface area contributed by atoms with Gasteiger partial charge >= 0.3 is 10.2 Å². The molecule has 1 heterocycles. The summed E-state index contributed by atoms with van der Waals surface area (Å²) in [7, 11) is -4.15. The average molecular weight is 368 g/mol. The standard InChI is InChI=1S/C17H21FN2O4S/c18-16-13-7-11(4-3-10-1-2-10)5-6-12(13)8-14(21)17(16)20-9-15(22)19-25(20,23)24/h8,10-11,21H,1-7,9H2,(H,19,22). The number of rotatable bonds is 4. The molecule has 0 radical (unpaired) electrons. The molecule has 1 saturated carbocycles. The number of carbonyl (C=O) groups excluding carboxylic acids is 1. The number of carbonyl (C=O) groups is 1. The van der Waals surface area contributed by atoms with Crippen LogP contribution in [0.2, 0.25) is 0 Å². The molecular weight excluding hydrogens is 347 g/mol. The maximum absolute atomic E-state index is 15.1. The molecule has 0 aromatic heterocycles. The summed E-state index contributed by atoms with van der Waals surface area (Å²) >= 11 is 0. The lowest BCUT2D eigenvalue weighted by atomic mass is 9.80. The number of hydrogen-bond donors (Lipinski definition) is 2. The molecule has 2 aliphatic carbocycles. The molecule has 0 spiro atoms. The quantitative estimate of drug-likeness (QED) is 0.851. The fraction of sp³-hybridized carbons (Fsp3) is 0.588. The normalized spacial score (nSPS) is 24.9. The molecule has 1 unspecified atom stereocenters. The van der Waals surface area contributed by atoms with E-state index in [4.69, 9.17) is 0 Å². The van der Waals surface area contributed by atoms with Crippen LogP contribution in [0.15, 0.2) is 6.07 Å². The number of fused-ring (bicyclic) bond motifs is 1. The van der Waals surface area contributed by atoms with Crippen molar-refractivity contribution in [1.82, 2.24) is 4.72 Å². The van der Waals surface area contributed by atoms with Gasteiger partial charge in [0, 0.05) is 0 Å². The number of anilines is 1. The zero-order valence-electron chi connectivity index (χ0n) is 13.8. The van der Waals surface area contributed by atoms with Crippen LogP contribution in [-0.2, 0) is 27.8 Å². The first-order valence-electron chi connectivity index (χ1n) is 8.71. The predicted molar refractivity (Wildman–Crippen MR) is 89.9 cm³/mol. The topological polar surface area (TPSA) is 86.7 Å². The Morgan fingerprint density at radius 2 is 1.96 bits per heavy atom. The van der Waals surface area contributed by atoms with Crippen molar-refractivity contribution in [3.8, 4) is 5.75 Å². The van der Waals surface area contributed by atoms with E-state index in [1.54, 1.807) is 4.72 Å². The van der Waals surface area contributed by atoms with Crippen molar-refractivity contribution in [2.24, 2.45) is 11.8 Å². The van der Waals surface area contributed by atoms with Gasteiger partial charge in [0.15, 0.2) is 5.82 Å². The molecule has 4 rings (SSSR count). The fourth-order valence-corrected chi connectivity index (χ4v) is 5.08. The van der Waals surface area contributed by atoms with Crippen molar-refractivity contribution in [1.29, 1.82) is 0 Å². The Balaban J connectivity index is 1.66. The number of aromatic hydroxyl groups is 1. The van der Waals surface area contributed by atoms with Crippen molar-refractivity contribution in [2.75, 3.05) is 10.8 Å². The number of nitrogens with one attached hydrogen (secondary N) is 1. The third-order valence-electron chi connectivity index (χ3n) is 5.48. The molecular formula is C17H21FN2O4S. The lowest BCUT2D eigenvalue weighted by Crippen LogP contribution is -2.31. The van der Waals surface area contributed by atoms with Gasteiger partial charge in [0.25, 0.3) is 5.91 Å². The molecule has 1 amide bonds. The van der Waals surface area contributed by atoms with Crippen LogP contribution in [0.3, 0.4) is 0 Å². The second kappa shape index (κ2) is 5.86. The molecule has 8 heteroatoms. The van der Waals surface area contributed by atoms with Gasteiger partial charge in [-0.1, -0.05) is 19.3 Å². The molecule has 1 atom stereocenters. The third kappa shape index (κ3) is 3.07. The second-order valence-corrected chi connectivity index (χ2v) is 8.96. The number of halogens is 1. The van der Waals surface area contributed by atoms with E-state index >= 15 is 4.39 Å². The van der Waals surface area contributed by atoms with Crippen molar-refractivity contribution in [3.05, 3.63) is 23.0 Å². The van der Waals surface area contributed by atoms with E-state index in [2.05, 4.69) is 0 Å². The van der Waals surface area contributed by atoms with Gasteiger partial charge < -0.3 is 5.11 Å². The first-order valence-corrected chi connectivity index (χ1v) is 10.2. The lowest BCUT2D eigenvalue weighted by Gasteiger charge is -2.27. The van der Waals surface area contributed by atoms with Gasteiger partial charge in [0.2, 0.25) is 0 Å². The summed E-state index contributed by atoms with van der Waals surface area (Å²) in [5.74, 6) is -0.679. The van der Waals surface area contributed by atoms with Crippen LogP contribution in [0.5, 0.6) is 5.75 Å². The zero-order chi connectivity index (χ0) is 17.8. The molecule has 1 aromatic carbocycles. The van der Waals surface area contributed by atoms with Crippen LogP contribution in [-0.4, -0.2) is 26.0 Å². The minimum atomic E-state index is -4.15. The minimum Gasteiger partial charge on any atom is -0.506 e. The number of benzene rings is 1. The molecule has 136 valence electrons. The molecule has 0 bridgehead atoms. The van der Waals surface area contributed by atoms with Crippen LogP contribution < -0.4 is 9.03 Å². The maximum Gasteiger partial charge on any atom is 0.326 e. The lowest BCUT2D eigenvalue weighted by molar-refractivity contribution is -0.117. The number of phenols is 1. The van der Waals surface area contributed by atoms with Crippen LogP contribution in [0.4, 0.5) is 10.1 Å². The molecule has 1 aromatic rings. The summed E-state index contributed by atoms with van der Waals surface area (Å²) in [6.45, 7) is -0.517. The minimum absolute atomic E-state index is 0.384. The Bertz CT molecular complexity index is 836. The van der Waals surface area contributed by atoms with Crippen molar-refractivity contribution >= 4 is 21.8 Å². The second-order valence-electron chi connectivity index (χ2n) is 7.36. The zero-order valence-corrected chi connectivity index (χ0v) is 14.6. The Labute approximate surface area is 146 Å². The first kappa shape index (κ1) is 16.6. The van der Waals surface area contributed by atoms with Crippen molar-refractivity contribution < 1.29 is 22.7 Å². The average Bonchev–Trinajstić information content (AvgIpc) is 3.31. The Hall–Kier alpha value is -1.83. The van der Waals surface area contributed by atoms with Gasteiger partial charge in [0.1, 0.15) is 18.0 Å². The highest BCUT2D eigenvalue weighted by Crippen LogP contribution is 2.42. The van der Waals surface area contributed by atoms with E-state index in [0.29, 0.717) is 28.6 Å². The number of aryl methyl sites for hydroxylation is 1. The highest BCUT2D eigenvalue weighted by Gasteiger charge is 2.39. The molecule has 6 nitrogen and oxygen atoms in total. The van der Waals surface area contributed by atoms with Crippen LogP contribution >= 0.6 is 0 Å². The summed E-state index contributed by atoms with van der Waals surface area (Å²) in [4.78, 5) is 11.4. The monoisotopic (exact) mass is 368 g/mol. The summed E-state index contributed by atoms with van der Waals surface area (Å²) in [5, 5.41) is 10.2. The Morgan fingerprint density at radius 3 is 2.60 bits per heavy atom. The Morgan fingerprint density at radius 1 is 1.24 bits per heavy atom. The van der Waals surface area contributed by atoms with Crippen molar-refractivity contribution in [2.45, 2.75) is 44.9 Å². The molecule has 3 aliphatic rings. The van der Waals surface area contributed by atoms with E-state index in [1.165, 1.54) is 25.3 Å². The molecule has 1 saturated heterocycles. The van der Waals surface area contributed by atoms with Crippen molar-refractivity contribution in [3.63, 3.8) is 0 Å². The largest absolute Gasteiger partial charge is 0.506 e. The van der Waals surface area contributed by atoms with E-state index in [0.717, 1.165) is 24.3 Å². The fourth-order valence-electron chi connectivity index (χ4n) is 3.92. The van der Waals surface area contributed by atoms with E-state index in [-0.39, 0.29) is 0 Å². The van der Waals surface area contributed by atoms with Gasteiger partial charge in [-0.05, 0) is 54.7 Å². The molecule has 25 heavy (non-hydrogen) atoms. The highest BCUT2D eigenvalue weighted by atomic mass is 32.2. The summed E-state index contributed by atoms with van der Waals surface area (Å²) in [6, 6.07) is 1.45. The van der Waals surface area contributed by atoms with E-state index < -0.39 is 39.9 Å². The van der Waals surface area contributed by atoms with Gasteiger partial charge in [-0.2, -0.15) is 8.42 Å². The van der Waals surface area contributed by atoms with Gasteiger partial charge in [-0.3, -0.25) is 4.79 Å². The van der Waals surface area contributed by atoms with Crippen LogP contribution in [0, 0.1) is 17.7 Å². The number of amides is 1. The summed E-state index contributed by atoms with van der Waals surface area (Å²) in [5.41, 5.74) is 0.798. The molecule has 1 aliphatic heterocycles. The summed E-state index contributed by atoms with van der Waals surface area (Å²) in [6.07, 6.45) is 7.01. The SMILES string of the molecule is O=C1CN(c2c(O)cc3c(c2F)CC(CCC2CC2)CC3)S(=O)(=O)N1. The summed E-state index contributed by atoms with van der Waals surface area (Å²) < 4.78 is 41.6. The van der Waals surface area contributed by atoms with Gasteiger partial charge in [-0.25, -0.2) is 13.4 Å². The maximum atomic E-state index is 15.1. The number of hydrogen-bond acceptors (Lipinski definition) is 4. The molecule has 2 N–H and O–H groups in total. The number of phenolic OH excluding ortho intramolecular Hbond substituents is 1. The smallest absolute Gasteiger partial charge is 0.326 e. The van der Waals surface area contributed by atoms with Gasteiger partial charge in [-0.15, -0.1) is 0 Å². The van der Waals surface area contributed by atoms with Crippen LogP contribution in [0.1, 0.15) is 43.2 Å². The van der Waals surface area contributed by atoms with Gasteiger partial charge in [0.05, 0.1) is 0 Å². The van der Waals surface area contributed by atoms with E-state index in [9.17, 15) is 18.3 Å². The highest BCUT2D eigenvalue weighted by molar-refractivity contribution is 7.92. The third-order valence-corrected chi connectivity index (χ3v) is 6.86. The Kier molecular flexibility index (Phi) is 3.90. The first-order chi connectivity index (χ1) is 11.8. The molecule has 2 fully saturated rings. The number of nitrogens with zero attached hydrogens (tertiary/aromatic N) is 1. The van der Waals surface area contributed by atoms with E-state index in [1.807, 2.05) is 0 Å². The van der Waals surface area contributed by atoms with Crippen LogP contribution in [0.25, 0.3) is 0 Å². The predicted octanol–water partition coefficient (Wildman–Crippen LogP) is 2.01.